The number of hydrogen-bond donors (Lipinski definition) is 1. The van der Waals surface area contributed by atoms with Gasteiger partial charge in [0.25, 0.3) is 0 Å². The molecule has 0 aliphatic carbocycles. The molecule has 6 nitrogen and oxygen atoms in total. The number of hydrogen-bond acceptors (Lipinski definition) is 6. The molecule has 1 N–H and O–H groups in total. The molecule has 2 heterocycles. The minimum absolute atomic E-state index is 0.0971. The summed E-state index contributed by atoms with van der Waals surface area (Å²) in [5, 5.41) is 11.9. The number of carboxylic acids is 1. The van der Waals surface area contributed by atoms with Crippen molar-refractivity contribution in [3.8, 4) is 0 Å². The molecule has 0 bridgehead atoms. The van der Waals surface area contributed by atoms with Crippen molar-refractivity contribution in [3.05, 3.63) is 32.6 Å². The van der Waals surface area contributed by atoms with Crippen LogP contribution in [0.25, 0.3) is 0 Å². The molecule has 0 spiro atoms. The number of carbonyl (C=O) groups is 2. The normalized spacial score (nSPS) is 25.9. The summed E-state index contributed by atoms with van der Waals surface area (Å²) in [5.41, 5.74) is 0.379. The maximum atomic E-state index is 12.9. The van der Waals surface area contributed by atoms with Crippen LogP contribution in [0.5, 0.6) is 0 Å². The van der Waals surface area contributed by atoms with Gasteiger partial charge in [-0.3, -0.25) is 4.79 Å². The number of carboxylic acid groups (broad SMARTS) is 1. The minimum Gasteiger partial charge on any atom is -0.481 e. The monoisotopic (exact) mass is 415 g/mol. The van der Waals surface area contributed by atoms with Crippen LogP contribution in [0.2, 0.25) is 4.34 Å². The van der Waals surface area contributed by atoms with Crippen molar-refractivity contribution < 1.29 is 24.2 Å². The van der Waals surface area contributed by atoms with Crippen LogP contribution in [0.4, 0.5) is 0 Å². The molecule has 0 amide bonds. The Morgan fingerprint density at radius 2 is 2.07 bits per heavy atom. The summed E-state index contributed by atoms with van der Waals surface area (Å²) in [6.45, 7) is 9.32. The van der Waals surface area contributed by atoms with E-state index in [9.17, 15) is 14.7 Å². The smallest absolute Gasteiger partial charge is 0.336 e. The molecule has 3 atom stereocenters. The zero-order valence-electron chi connectivity index (χ0n) is 16.4. The first-order valence-electron chi connectivity index (χ1n) is 8.79. The Morgan fingerprint density at radius 3 is 2.48 bits per heavy atom. The van der Waals surface area contributed by atoms with E-state index in [1.54, 1.807) is 32.2 Å². The fourth-order valence-corrected chi connectivity index (χ4v) is 5.16. The number of methoxy groups -OCH3 is 1. The number of allylic oxidation sites excluding steroid dienone is 1. The molecule has 27 heavy (non-hydrogen) atoms. The number of carbonyl (C=O) groups excluding carboxylic acids is 1. The van der Waals surface area contributed by atoms with E-state index in [4.69, 9.17) is 21.1 Å². The lowest BCUT2D eigenvalue weighted by molar-refractivity contribution is -0.190. The molecule has 0 aromatic carbocycles. The number of rotatable bonds is 6. The lowest BCUT2D eigenvalue weighted by Gasteiger charge is -2.53. The average Bonchev–Trinajstić information content (AvgIpc) is 2.99. The predicted molar refractivity (Wildman–Crippen MR) is 105 cm³/mol. The maximum absolute atomic E-state index is 12.9. The number of esters is 1. The molecule has 1 aliphatic heterocycles. The van der Waals surface area contributed by atoms with Crippen molar-refractivity contribution in [2.24, 2.45) is 5.92 Å². The number of halogens is 1. The summed E-state index contributed by atoms with van der Waals surface area (Å²) in [4.78, 5) is 27.1. The van der Waals surface area contributed by atoms with E-state index in [1.165, 1.54) is 18.4 Å². The molecule has 2 rings (SSSR count). The quantitative estimate of drug-likeness (QED) is 0.704. The molecule has 3 unspecified atom stereocenters. The summed E-state index contributed by atoms with van der Waals surface area (Å²) in [5.74, 6) is -3.43. The highest BCUT2D eigenvalue weighted by molar-refractivity contribution is 7.14. The lowest BCUT2D eigenvalue weighted by Crippen LogP contribution is -2.62. The van der Waals surface area contributed by atoms with Gasteiger partial charge >= 0.3 is 11.9 Å². The Morgan fingerprint density at radius 1 is 1.44 bits per heavy atom. The molecule has 0 fully saturated rings. The number of thiophene rings is 1. The van der Waals surface area contributed by atoms with Gasteiger partial charge in [0.15, 0.2) is 5.72 Å². The molecule has 1 aromatic heterocycles. The minimum atomic E-state index is -1.17. The van der Waals surface area contributed by atoms with Crippen LogP contribution in [0, 0.1) is 5.92 Å². The maximum Gasteiger partial charge on any atom is 0.336 e. The third-order valence-corrected chi connectivity index (χ3v) is 6.32. The molecule has 0 radical (unpaired) electrons. The van der Waals surface area contributed by atoms with Crippen LogP contribution >= 0.6 is 22.9 Å². The largest absolute Gasteiger partial charge is 0.481 e. The topological polar surface area (TPSA) is 76.1 Å². The van der Waals surface area contributed by atoms with Gasteiger partial charge in [-0.1, -0.05) is 11.6 Å². The lowest BCUT2D eigenvalue weighted by atomic mass is 9.71. The summed E-state index contributed by atoms with van der Waals surface area (Å²) in [6.07, 6.45) is 0. The number of aliphatic carboxylic acids is 1. The van der Waals surface area contributed by atoms with Gasteiger partial charge in [-0.2, -0.15) is 0 Å². The second-order valence-corrected chi connectivity index (χ2v) is 8.40. The van der Waals surface area contributed by atoms with Crippen molar-refractivity contribution in [3.63, 3.8) is 0 Å². The van der Waals surface area contributed by atoms with Crippen molar-refractivity contribution in [1.82, 2.24) is 4.90 Å². The highest BCUT2D eigenvalue weighted by Crippen LogP contribution is 2.51. The molecular weight excluding hydrogens is 390 g/mol. The summed E-state index contributed by atoms with van der Waals surface area (Å²) in [6, 6.07) is 1.67. The summed E-state index contributed by atoms with van der Waals surface area (Å²) < 4.78 is 11.5. The van der Waals surface area contributed by atoms with Gasteiger partial charge in [0.2, 0.25) is 0 Å². The van der Waals surface area contributed by atoms with Gasteiger partial charge in [0.1, 0.15) is 5.92 Å². The first-order valence-corrected chi connectivity index (χ1v) is 10.1. The van der Waals surface area contributed by atoms with Crippen molar-refractivity contribution in [1.29, 1.82) is 0 Å². The summed E-state index contributed by atoms with van der Waals surface area (Å²) >= 11 is 7.67. The Hall–Kier alpha value is -1.57. The van der Waals surface area contributed by atoms with Crippen LogP contribution in [0.3, 0.4) is 0 Å². The third-order valence-electron chi connectivity index (χ3n) is 5.12. The van der Waals surface area contributed by atoms with Crippen molar-refractivity contribution >= 4 is 34.9 Å². The molecular formula is C19H26ClNO5S. The zero-order valence-corrected chi connectivity index (χ0v) is 18.0. The van der Waals surface area contributed by atoms with Crippen LogP contribution < -0.4 is 0 Å². The molecule has 1 aromatic rings. The van der Waals surface area contributed by atoms with Gasteiger partial charge in [-0.15, -0.1) is 11.3 Å². The number of nitrogens with zero attached hydrogens (tertiary/aromatic N) is 1. The first-order chi connectivity index (χ1) is 12.6. The van der Waals surface area contributed by atoms with Crippen LogP contribution in [0.15, 0.2) is 22.7 Å². The van der Waals surface area contributed by atoms with Gasteiger partial charge in [0.05, 0.1) is 16.5 Å². The Balaban J connectivity index is 2.87. The van der Waals surface area contributed by atoms with E-state index in [0.717, 1.165) is 0 Å². The number of ether oxygens (including phenoxy) is 2. The van der Waals surface area contributed by atoms with E-state index in [2.05, 4.69) is 0 Å². The fraction of sp³-hybridized carbons (Fsp3) is 0.579. The van der Waals surface area contributed by atoms with E-state index >= 15 is 0 Å². The molecule has 0 saturated carbocycles. The van der Waals surface area contributed by atoms with E-state index in [1.807, 2.05) is 18.7 Å². The molecule has 150 valence electrons. The average molecular weight is 416 g/mol. The van der Waals surface area contributed by atoms with Crippen LogP contribution in [-0.2, 0) is 19.1 Å². The fourth-order valence-electron chi connectivity index (χ4n) is 4.16. The highest BCUT2D eigenvalue weighted by Gasteiger charge is 2.57. The summed E-state index contributed by atoms with van der Waals surface area (Å²) in [7, 11) is 1.49. The predicted octanol–water partition coefficient (Wildman–Crippen LogP) is 4.11. The highest BCUT2D eigenvalue weighted by atomic mass is 35.5. The van der Waals surface area contributed by atoms with Crippen molar-refractivity contribution in [2.45, 2.75) is 52.3 Å². The van der Waals surface area contributed by atoms with Crippen LogP contribution in [0.1, 0.15) is 46.1 Å². The third kappa shape index (κ3) is 3.60. The van der Waals surface area contributed by atoms with E-state index in [-0.39, 0.29) is 12.6 Å². The SMILES string of the molecule is CCOC(=O)C1=C(C)N(C(C)C)C(C)(OC)C(C(=O)O)C1c1ccsc1Cl. The molecule has 0 saturated heterocycles. The Kier molecular flexibility index (Phi) is 6.60. The van der Waals surface area contributed by atoms with Gasteiger partial charge in [-0.25, -0.2) is 4.79 Å². The van der Waals surface area contributed by atoms with Crippen molar-refractivity contribution in [2.75, 3.05) is 13.7 Å². The van der Waals surface area contributed by atoms with Crippen LogP contribution in [-0.4, -0.2) is 47.4 Å². The van der Waals surface area contributed by atoms with Gasteiger partial charge in [-0.05, 0) is 51.6 Å². The second kappa shape index (κ2) is 8.20. The van der Waals surface area contributed by atoms with E-state index < -0.39 is 29.5 Å². The van der Waals surface area contributed by atoms with Gasteiger partial charge in [0, 0.05) is 24.8 Å². The Bertz CT molecular complexity index is 759. The molecule has 8 heteroatoms. The molecule has 1 aliphatic rings. The Labute approximate surface area is 168 Å². The zero-order chi connectivity index (χ0) is 20.5. The second-order valence-electron chi connectivity index (χ2n) is 6.89. The standard InChI is InChI=1S/C19H26ClNO5S/c1-7-26-18(24)13-11(4)21(10(2)3)19(5,25-6)15(17(22)23)14(13)12-8-9-27-16(12)20/h8-10,14-15H,7H2,1-6H3,(H,22,23). The first kappa shape index (κ1) is 21.7. The van der Waals surface area contributed by atoms with Gasteiger partial charge < -0.3 is 19.5 Å². The van der Waals surface area contributed by atoms with E-state index in [0.29, 0.717) is 21.2 Å².